The number of nitrogens with zero attached hydrogens (tertiary/aromatic N) is 1. The largest absolute Gasteiger partial charge is 0.352 e. The van der Waals surface area contributed by atoms with Crippen molar-refractivity contribution in [3.63, 3.8) is 0 Å². The molecule has 0 radical (unpaired) electrons. The van der Waals surface area contributed by atoms with Crippen LogP contribution in [-0.4, -0.2) is 42.3 Å². The highest BCUT2D eigenvalue weighted by atomic mass is 16.5. The first-order chi connectivity index (χ1) is 5.63. The second-order valence-electron chi connectivity index (χ2n) is 3.70. The van der Waals surface area contributed by atoms with Crippen LogP contribution in [0, 0.1) is 0 Å². The molecular weight excluding hydrogens is 156 g/mol. The molecule has 4 heteroatoms. The van der Waals surface area contributed by atoms with Crippen molar-refractivity contribution in [2.24, 2.45) is 0 Å². The lowest BCUT2D eigenvalue weighted by Crippen LogP contribution is -2.61. The van der Waals surface area contributed by atoms with Gasteiger partial charge in [-0.05, 0) is 13.8 Å². The van der Waals surface area contributed by atoms with E-state index in [2.05, 4.69) is 5.32 Å². The maximum Gasteiger partial charge on any atom is 0.239 e. The van der Waals surface area contributed by atoms with Gasteiger partial charge >= 0.3 is 0 Å². The Hall–Kier alpha value is -0.610. The molecule has 0 aromatic carbocycles. The fourth-order valence-electron chi connectivity index (χ4n) is 2.04. The maximum atomic E-state index is 11.5. The summed E-state index contributed by atoms with van der Waals surface area (Å²) < 4.78 is 5.57. The summed E-state index contributed by atoms with van der Waals surface area (Å²) in [5.41, 5.74) is -0.394. The quantitative estimate of drug-likeness (QED) is 0.535. The van der Waals surface area contributed by atoms with Crippen molar-refractivity contribution >= 4 is 5.91 Å². The van der Waals surface area contributed by atoms with Gasteiger partial charge in [-0.2, -0.15) is 0 Å². The van der Waals surface area contributed by atoms with E-state index in [1.54, 1.807) is 0 Å². The molecule has 0 aliphatic carbocycles. The number of hydrogen-bond acceptors (Lipinski definition) is 3. The van der Waals surface area contributed by atoms with Gasteiger partial charge in [-0.1, -0.05) is 0 Å². The highest BCUT2D eigenvalue weighted by Crippen LogP contribution is 2.28. The number of amides is 1. The number of fused-ring (bicyclic) bond motifs is 1. The van der Waals surface area contributed by atoms with Crippen molar-refractivity contribution in [2.75, 3.05) is 19.7 Å². The van der Waals surface area contributed by atoms with Gasteiger partial charge in [-0.25, -0.2) is 0 Å². The molecule has 2 aliphatic rings. The molecule has 2 saturated heterocycles. The van der Waals surface area contributed by atoms with E-state index in [1.165, 1.54) is 0 Å². The molecule has 68 valence electrons. The van der Waals surface area contributed by atoms with Crippen LogP contribution >= 0.6 is 0 Å². The average Bonchev–Trinajstić information content (AvgIpc) is 2.29. The Morgan fingerprint density at radius 3 is 3.17 bits per heavy atom. The minimum absolute atomic E-state index is 0.147. The third-order valence-electron chi connectivity index (χ3n) is 2.58. The van der Waals surface area contributed by atoms with E-state index < -0.39 is 5.72 Å². The summed E-state index contributed by atoms with van der Waals surface area (Å²) in [5.74, 6) is 0.147. The zero-order valence-electron chi connectivity index (χ0n) is 7.46. The number of piperazine rings is 1. The highest BCUT2D eigenvalue weighted by Gasteiger charge is 2.46. The van der Waals surface area contributed by atoms with E-state index in [1.807, 2.05) is 18.7 Å². The first-order valence-corrected chi connectivity index (χ1v) is 4.30. The first kappa shape index (κ1) is 8.01. The van der Waals surface area contributed by atoms with E-state index in [0.717, 1.165) is 6.54 Å². The van der Waals surface area contributed by atoms with Crippen molar-refractivity contribution in [2.45, 2.75) is 25.6 Å². The second-order valence-corrected chi connectivity index (χ2v) is 3.70. The third-order valence-corrected chi connectivity index (χ3v) is 2.58. The van der Waals surface area contributed by atoms with Gasteiger partial charge < -0.3 is 15.0 Å². The van der Waals surface area contributed by atoms with Gasteiger partial charge in [0.05, 0.1) is 19.2 Å². The smallest absolute Gasteiger partial charge is 0.239 e. The SMILES string of the molecule is CC1CO[C@@]2(C)CNCC(=O)N12. The number of ether oxygens (including phenoxy) is 1. The zero-order valence-corrected chi connectivity index (χ0v) is 7.46. The number of hydrogen-bond donors (Lipinski definition) is 1. The molecule has 2 heterocycles. The monoisotopic (exact) mass is 170 g/mol. The van der Waals surface area contributed by atoms with Crippen molar-refractivity contribution in [3.8, 4) is 0 Å². The van der Waals surface area contributed by atoms with Gasteiger partial charge in [-0.3, -0.25) is 4.79 Å². The van der Waals surface area contributed by atoms with E-state index in [-0.39, 0.29) is 11.9 Å². The fraction of sp³-hybridized carbons (Fsp3) is 0.875. The van der Waals surface area contributed by atoms with Gasteiger partial charge in [0, 0.05) is 6.54 Å². The van der Waals surface area contributed by atoms with Crippen LogP contribution in [0.1, 0.15) is 13.8 Å². The molecule has 0 spiro atoms. The summed E-state index contributed by atoms with van der Waals surface area (Å²) in [6.07, 6.45) is 0. The standard InChI is InChI=1S/C8H14N2O2/c1-6-4-12-8(2)5-9-3-7(11)10(6)8/h6,9H,3-5H2,1-2H3/t6?,8-/m0/s1. The lowest BCUT2D eigenvalue weighted by Gasteiger charge is -2.39. The number of rotatable bonds is 0. The highest BCUT2D eigenvalue weighted by molar-refractivity contribution is 5.80. The summed E-state index contributed by atoms with van der Waals surface area (Å²) in [4.78, 5) is 13.3. The van der Waals surface area contributed by atoms with Crippen molar-refractivity contribution < 1.29 is 9.53 Å². The van der Waals surface area contributed by atoms with Crippen LogP contribution in [0.5, 0.6) is 0 Å². The van der Waals surface area contributed by atoms with Crippen LogP contribution in [0.15, 0.2) is 0 Å². The maximum absolute atomic E-state index is 11.5. The molecule has 12 heavy (non-hydrogen) atoms. The van der Waals surface area contributed by atoms with Crippen LogP contribution in [-0.2, 0) is 9.53 Å². The van der Waals surface area contributed by atoms with E-state index in [9.17, 15) is 4.79 Å². The summed E-state index contributed by atoms with van der Waals surface area (Å²) in [6, 6.07) is 0.226. The van der Waals surface area contributed by atoms with Crippen LogP contribution in [0.25, 0.3) is 0 Å². The normalized spacial score (nSPS) is 41.7. The average molecular weight is 170 g/mol. The lowest BCUT2D eigenvalue weighted by atomic mass is 10.1. The molecule has 0 saturated carbocycles. The van der Waals surface area contributed by atoms with Crippen LogP contribution < -0.4 is 5.32 Å². The second kappa shape index (κ2) is 2.44. The molecular formula is C8H14N2O2. The molecule has 2 atom stereocenters. The van der Waals surface area contributed by atoms with Crippen LogP contribution in [0.2, 0.25) is 0 Å². The molecule has 1 unspecified atom stereocenters. The van der Waals surface area contributed by atoms with Gasteiger partial charge in [0.2, 0.25) is 5.91 Å². The molecule has 2 aliphatic heterocycles. The van der Waals surface area contributed by atoms with Crippen LogP contribution in [0.4, 0.5) is 0 Å². The Morgan fingerprint density at radius 1 is 1.75 bits per heavy atom. The van der Waals surface area contributed by atoms with Crippen molar-refractivity contribution in [3.05, 3.63) is 0 Å². The third kappa shape index (κ3) is 0.949. The van der Waals surface area contributed by atoms with Crippen molar-refractivity contribution in [1.82, 2.24) is 10.2 Å². The predicted octanol–water partition coefficient (Wildman–Crippen LogP) is -0.447. The molecule has 2 rings (SSSR count). The van der Waals surface area contributed by atoms with E-state index in [4.69, 9.17) is 4.74 Å². The Kier molecular flexibility index (Phi) is 1.63. The summed E-state index contributed by atoms with van der Waals surface area (Å²) in [5, 5.41) is 3.05. The summed E-state index contributed by atoms with van der Waals surface area (Å²) >= 11 is 0. The lowest BCUT2D eigenvalue weighted by molar-refractivity contribution is -0.152. The summed E-state index contributed by atoms with van der Waals surface area (Å²) in [6.45, 7) is 5.82. The Labute approximate surface area is 71.9 Å². The number of carbonyl (C=O) groups excluding carboxylic acids is 1. The number of nitrogens with one attached hydrogen (secondary N) is 1. The van der Waals surface area contributed by atoms with Gasteiger partial charge in [0.1, 0.15) is 0 Å². The number of carbonyl (C=O) groups is 1. The Morgan fingerprint density at radius 2 is 2.50 bits per heavy atom. The van der Waals surface area contributed by atoms with Crippen LogP contribution in [0.3, 0.4) is 0 Å². The molecule has 0 aromatic rings. The minimum Gasteiger partial charge on any atom is -0.352 e. The molecule has 2 fully saturated rings. The Balaban J connectivity index is 2.26. The van der Waals surface area contributed by atoms with E-state index in [0.29, 0.717) is 13.2 Å². The molecule has 0 aromatic heterocycles. The molecule has 1 amide bonds. The predicted molar refractivity (Wildman–Crippen MR) is 43.5 cm³/mol. The fourth-order valence-corrected chi connectivity index (χ4v) is 2.04. The van der Waals surface area contributed by atoms with Gasteiger partial charge in [0.25, 0.3) is 0 Å². The van der Waals surface area contributed by atoms with Gasteiger partial charge in [0.15, 0.2) is 5.72 Å². The Bertz CT molecular complexity index is 215. The topological polar surface area (TPSA) is 41.6 Å². The van der Waals surface area contributed by atoms with Crippen molar-refractivity contribution in [1.29, 1.82) is 0 Å². The van der Waals surface area contributed by atoms with Gasteiger partial charge in [-0.15, -0.1) is 0 Å². The minimum atomic E-state index is -0.394. The first-order valence-electron chi connectivity index (χ1n) is 4.30. The summed E-state index contributed by atoms with van der Waals surface area (Å²) in [7, 11) is 0. The molecule has 4 nitrogen and oxygen atoms in total. The van der Waals surface area contributed by atoms with E-state index >= 15 is 0 Å². The molecule has 1 N–H and O–H groups in total. The zero-order chi connectivity index (χ0) is 8.77. The molecule has 0 bridgehead atoms.